The Hall–Kier alpha value is -3.20. The fraction of sp³-hybridized carbons (Fsp3) is 0.176. The van der Waals surface area contributed by atoms with Gasteiger partial charge in [-0.15, -0.1) is 0 Å². The second-order valence-electron chi connectivity index (χ2n) is 5.43. The number of hydrogen-bond donors (Lipinski definition) is 1. The molecule has 6 nitrogen and oxygen atoms in total. The smallest absolute Gasteiger partial charge is 0.150 e. The van der Waals surface area contributed by atoms with Gasteiger partial charge in [0, 0.05) is 48.2 Å². The number of fused-ring (bicyclic) bond motifs is 3. The lowest BCUT2D eigenvalue weighted by molar-refractivity contribution is 0.477. The molecule has 0 spiro atoms. The number of aromatic nitrogens is 3. The summed E-state index contributed by atoms with van der Waals surface area (Å²) in [6, 6.07) is 5.69. The highest BCUT2D eigenvalue weighted by Crippen LogP contribution is 2.38. The third-order valence-electron chi connectivity index (χ3n) is 4.05. The van der Waals surface area contributed by atoms with Gasteiger partial charge in [-0.25, -0.2) is 9.97 Å². The predicted molar refractivity (Wildman–Crippen MR) is 86.4 cm³/mol. The van der Waals surface area contributed by atoms with E-state index in [1.807, 2.05) is 6.07 Å². The highest BCUT2D eigenvalue weighted by atomic mass is 16.3. The predicted octanol–water partition coefficient (Wildman–Crippen LogP) is 2.50. The van der Waals surface area contributed by atoms with Crippen LogP contribution in [0.25, 0.3) is 22.0 Å². The van der Waals surface area contributed by atoms with Crippen LogP contribution in [0, 0.1) is 11.3 Å². The van der Waals surface area contributed by atoms with Crippen molar-refractivity contribution in [2.75, 3.05) is 6.54 Å². The topological polar surface area (TPSA) is 87.1 Å². The Morgan fingerprint density at radius 2 is 2.04 bits per heavy atom. The quantitative estimate of drug-likeness (QED) is 0.748. The molecule has 112 valence electrons. The van der Waals surface area contributed by atoms with Gasteiger partial charge < -0.3 is 9.67 Å². The van der Waals surface area contributed by atoms with Gasteiger partial charge in [0.15, 0.2) is 0 Å². The number of rotatable bonds is 1. The molecule has 3 aromatic rings. The normalized spacial score (nSPS) is 13.5. The molecular weight excluding hydrogens is 290 g/mol. The summed E-state index contributed by atoms with van der Waals surface area (Å²) in [5, 5.41) is 20.6. The molecule has 0 fully saturated rings. The van der Waals surface area contributed by atoms with Gasteiger partial charge in [-0.1, -0.05) is 0 Å². The van der Waals surface area contributed by atoms with E-state index in [0.29, 0.717) is 16.6 Å². The third kappa shape index (κ3) is 2.06. The molecule has 3 heterocycles. The average Bonchev–Trinajstić information content (AvgIpc) is 2.77. The minimum Gasteiger partial charge on any atom is -0.505 e. The van der Waals surface area contributed by atoms with Crippen molar-refractivity contribution in [2.24, 2.45) is 4.99 Å². The van der Waals surface area contributed by atoms with Gasteiger partial charge in [0.05, 0.1) is 17.1 Å². The second-order valence-corrected chi connectivity index (χ2v) is 5.43. The Bertz CT molecular complexity index is 966. The number of nitrogens with zero attached hydrogens (tertiary/aromatic N) is 5. The highest BCUT2D eigenvalue weighted by Gasteiger charge is 2.21. The van der Waals surface area contributed by atoms with Crippen molar-refractivity contribution in [3.8, 4) is 22.9 Å². The molecule has 0 amide bonds. The molecule has 0 radical (unpaired) electrons. The van der Waals surface area contributed by atoms with Gasteiger partial charge in [-0.2, -0.15) is 5.26 Å². The van der Waals surface area contributed by atoms with Crippen LogP contribution in [0.4, 0.5) is 0 Å². The van der Waals surface area contributed by atoms with Crippen molar-refractivity contribution < 1.29 is 5.11 Å². The summed E-state index contributed by atoms with van der Waals surface area (Å²) in [4.78, 5) is 12.5. The summed E-state index contributed by atoms with van der Waals surface area (Å²) in [6.45, 7) is 1.50. The molecule has 23 heavy (non-hydrogen) atoms. The zero-order valence-corrected chi connectivity index (χ0v) is 12.3. The Balaban J connectivity index is 2.14. The lowest BCUT2D eigenvalue weighted by atomic mass is 10.0. The maximum Gasteiger partial charge on any atom is 0.150 e. The summed E-state index contributed by atoms with van der Waals surface area (Å²) in [6.07, 6.45) is 7.50. The van der Waals surface area contributed by atoms with E-state index < -0.39 is 0 Å². The van der Waals surface area contributed by atoms with Crippen LogP contribution in [0.15, 0.2) is 35.8 Å². The Kier molecular flexibility index (Phi) is 3.05. The summed E-state index contributed by atoms with van der Waals surface area (Å²) < 4.78 is 2.06. The number of nitriles is 1. The molecule has 1 aliphatic heterocycles. The van der Waals surface area contributed by atoms with Crippen LogP contribution in [0.2, 0.25) is 0 Å². The molecule has 0 unspecified atom stereocenters. The van der Waals surface area contributed by atoms with Crippen LogP contribution in [0.1, 0.15) is 17.7 Å². The fourth-order valence-corrected chi connectivity index (χ4v) is 3.05. The zero-order chi connectivity index (χ0) is 15.8. The number of aliphatic imine (C=N–C) groups is 1. The summed E-state index contributed by atoms with van der Waals surface area (Å²) >= 11 is 0. The standard InChI is InChI=1S/C17H13N5O/c18-6-11-4-13(12-7-20-10-21-8-12)16-14(5-11)17(23)15-9-19-2-1-3-22(15)16/h4-5,7-10,23H,1-3H2. The molecule has 1 aliphatic rings. The van der Waals surface area contributed by atoms with E-state index in [9.17, 15) is 10.4 Å². The maximum absolute atomic E-state index is 10.6. The van der Waals surface area contributed by atoms with E-state index in [1.165, 1.54) is 6.33 Å². The minimum atomic E-state index is 0.167. The van der Waals surface area contributed by atoms with Gasteiger partial charge in [0.2, 0.25) is 0 Å². The average molecular weight is 303 g/mol. The first-order chi connectivity index (χ1) is 11.3. The number of benzene rings is 1. The monoisotopic (exact) mass is 303 g/mol. The van der Waals surface area contributed by atoms with Crippen molar-refractivity contribution >= 4 is 17.1 Å². The Morgan fingerprint density at radius 3 is 2.83 bits per heavy atom. The number of aromatic hydroxyl groups is 1. The number of aryl methyl sites for hydroxylation is 1. The van der Waals surface area contributed by atoms with Crippen LogP contribution in [-0.2, 0) is 6.54 Å². The first-order valence-electron chi connectivity index (χ1n) is 7.34. The molecule has 4 rings (SSSR count). The summed E-state index contributed by atoms with van der Waals surface area (Å²) in [5.74, 6) is 0.167. The zero-order valence-electron chi connectivity index (χ0n) is 12.3. The van der Waals surface area contributed by atoms with E-state index in [0.717, 1.165) is 36.2 Å². The molecule has 0 saturated heterocycles. The van der Waals surface area contributed by atoms with E-state index in [2.05, 4.69) is 25.6 Å². The molecular formula is C17H13N5O. The lowest BCUT2D eigenvalue weighted by Crippen LogP contribution is -2.02. The molecule has 1 N–H and O–H groups in total. The van der Waals surface area contributed by atoms with Crippen LogP contribution < -0.4 is 0 Å². The first-order valence-corrected chi connectivity index (χ1v) is 7.34. The summed E-state index contributed by atoms with van der Waals surface area (Å²) in [5.41, 5.74) is 3.72. The van der Waals surface area contributed by atoms with E-state index in [1.54, 1.807) is 24.7 Å². The summed E-state index contributed by atoms with van der Waals surface area (Å²) in [7, 11) is 0. The Morgan fingerprint density at radius 1 is 1.22 bits per heavy atom. The number of hydrogen-bond acceptors (Lipinski definition) is 5. The van der Waals surface area contributed by atoms with Crippen molar-refractivity contribution in [1.82, 2.24) is 14.5 Å². The van der Waals surface area contributed by atoms with E-state index in [-0.39, 0.29) is 5.75 Å². The van der Waals surface area contributed by atoms with Crippen LogP contribution in [-0.4, -0.2) is 32.4 Å². The van der Waals surface area contributed by atoms with Crippen LogP contribution in [0.5, 0.6) is 5.75 Å². The van der Waals surface area contributed by atoms with Gasteiger partial charge in [0.25, 0.3) is 0 Å². The third-order valence-corrected chi connectivity index (χ3v) is 4.05. The van der Waals surface area contributed by atoms with Crippen molar-refractivity contribution in [1.29, 1.82) is 5.26 Å². The van der Waals surface area contributed by atoms with Gasteiger partial charge >= 0.3 is 0 Å². The van der Waals surface area contributed by atoms with Crippen LogP contribution in [0.3, 0.4) is 0 Å². The van der Waals surface area contributed by atoms with Crippen molar-refractivity contribution in [2.45, 2.75) is 13.0 Å². The largest absolute Gasteiger partial charge is 0.505 e. The maximum atomic E-state index is 10.6. The molecule has 0 atom stereocenters. The SMILES string of the molecule is N#Cc1cc(-c2cncnc2)c2c(c1)c(O)c1n2CCCN=C1. The first kappa shape index (κ1) is 13.5. The molecule has 0 bridgehead atoms. The fourth-order valence-electron chi connectivity index (χ4n) is 3.05. The second kappa shape index (κ2) is 5.21. The molecule has 0 saturated carbocycles. The molecule has 2 aromatic heterocycles. The Labute approximate surface area is 132 Å². The molecule has 1 aromatic carbocycles. The molecule has 6 heteroatoms. The molecule has 0 aliphatic carbocycles. The van der Waals surface area contributed by atoms with Gasteiger partial charge in [-0.05, 0) is 18.6 Å². The van der Waals surface area contributed by atoms with Crippen molar-refractivity contribution in [3.63, 3.8) is 0 Å². The highest BCUT2D eigenvalue weighted by molar-refractivity contribution is 6.04. The lowest BCUT2D eigenvalue weighted by Gasteiger charge is -2.10. The van der Waals surface area contributed by atoms with E-state index in [4.69, 9.17) is 0 Å². The minimum absolute atomic E-state index is 0.167. The van der Waals surface area contributed by atoms with Crippen molar-refractivity contribution in [3.05, 3.63) is 42.1 Å². The van der Waals surface area contributed by atoms with Gasteiger partial charge in [-0.3, -0.25) is 4.99 Å². The van der Waals surface area contributed by atoms with Gasteiger partial charge in [0.1, 0.15) is 17.8 Å². The van der Waals surface area contributed by atoms with Crippen LogP contribution >= 0.6 is 0 Å². The van der Waals surface area contributed by atoms with E-state index >= 15 is 0 Å².